The largest absolute Gasteiger partial charge is 0.392 e. The first-order valence-corrected chi connectivity index (χ1v) is 9.03. The molecule has 1 fully saturated rings. The highest BCUT2D eigenvalue weighted by atomic mass is 32.2. The molecule has 7 heteroatoms. The van der Waals surface area contributed by atoms with Crippen molar-refractivity contribution in [3.8, 4) is 0 Å². The lowest BCUT2D eigenvalue weighted by Gasteiger charge is -2.34. The average Bonchev–Trinajstić information content (AvgIpc) is 3.02. The third-order valence-electron chi connectivity index (χ3n) is 3.69. The lowest BCUT2D eigenvalue weighted by Crippen LogP contribution is -2.44. The molecule has 21 heavy (non-hydrogen) atoms. The van der Waals surface area contributed by atoms with Gasteiger partial charge in [0.1, 0.15) is 0 Å². The summed E-state index contributed by atoms with van der Waals surface area (Å²) in [5, 5.41) is 12.8. The maximum absolute atomic E-state index is 12.6. The summed E-state index contributed by atoms with van der Waals surface area (Å²) in [7, 11) is -3.51. The summed E-state index contributed by atoms with van der Waals surface area (Å²) in [5.41, 5.74) is 0. The Bertz CT molecular complexity index is 686. The van der Waals surface area contributed by atoms with E-state index in [1.54, 1.807) is 36.5 Å². The second kappa shape index (κ2) is 5.84. The number of hydrogen-bond donors (Lipinski definition) is 1. The van der Waals surface area contributed by atoms with E-state index in [9.17, 15) is 13.5 Å². The van der Waals surface area contributed by atoms with Crippen LogP contribution in [0.15, 0.2) is 46.8 Å². The number of aliphatic hydroxyl groups excluding tert-OH is 1. The van der Waals surface area contributed by atoms with Crippen LogP contribution in [-0.4, -0.2) is 42.0 Å². The highest BCUT2D eigenvalue weighted by molar-refractivity contribution is 7.89. The van der Waals surface area contributed by atoms with Crippen LogP contribution >= 0.6 is 11.3 Å². The van der Waals surface area contributed by atoms with E-state index in [0.29, 0.717) is 17.9 Å². The van der Waals surface area contributed by atoms with Crippen LogP contribution in [0.4, 0.5) is 0 Å². The van der Waals surface area contributed by atoms with E-state index in [4.69, 9.17) is 0 Å². The molecule has 2 unspecified atom stereocenters. The molecular weight excluding hydrogens is 308 g/mol. The fourth-order valence-corrected chi connectivity index (χ4v) is 4.82. The van der Waals surface area contributed by atoms with Gasteiger partial charge in [0.25, 0.3) is 0 Å². The molecular formula is C14H16N2O3S2. The SMILES string of the molecule is O=S(=O)(c1ccccc1)N1CCC(O)C(c2nccs2)C1. The summed E-state index contributed by atoms with van der Waals surface area (Å²) in [5.74, 6) is -0.253. The minimum Gasteiger partial charge on any atom is -0.392 e. The Balaban J connectivity index is 1.87. The third-order valence-corrected chi connectivity index (χ3v) is 6.48. The summed E-state index contributed by atoms with van der Waals surface area (Å²) in [4.78, 5) is 4.51. The van der Waals surface area contributed by atoms with Crippen molar-refractivity contribution in [3.05, 3.63) is 46.9 Å². The minimum absolute atomic E-state index is 0.253. The second-order valence-electron chi connectivity index (χ2n) is 5.01. The van der Waals surface area contributed by atoms with Gasteiger partial charge in [0.15, 0.2) is 0 Å². The fourth-order valence-electron chi connectivity index (χ4n) is 2.53. The van der Waals surface area contributed by atoms with Crippen LogP contribution in [0.5, 0.6) is 0 Å². The molecule has 1 aromatic carbocycles. The standard InChI is InChI=1S/C14H16N2O3S2/c17-13-6-8-16(10-12(13)14-15-7-9-20-14)21(18,19)11-4-2-1-3-5-11/h1-5,7,9,12-13,17H,6,8,10H2. The first kappa shape index (κ1) is 14.6. The van der Waals surface area contributed by atoms with Crippen LogP contribution in [0.3, 0.4) is 0 Å². The van der Waals surface area contributed by atoms with Crippen molar-refractivity contribution < 1.29 is 13.5 Å². The topological polar surface area (TPSA) is 70.5 Å². The zero-order chi connectivity index (χ0) is 14.9. The van der Waals surface area contributed by atoms with Crippen molar-refractivity contribution in [2.75, 3.05) is 13.1 Å². The number of piperidine rings is 1. The predicted molar refractivity (Wildman–Crippen MR) is 80.7 cm³/mol. The highest BCUT2D eigenvalue weighted by Crippen LogP contribution is 2.31. The quantitative estimate of drug-likeness (QED) is 0.932. The molecule has 112 valence electrons. The van der Waals surface area contributed by atoms with Gasteiger partial charge in [-0.3, -0.25) is 0 Å². The maximum atomic E-state index is 12.6. The molecule has 0 radical (unpaired) electrons. The molecule has 2 atom stereocenters. The van der Waals surface area contributed by atoms with Gasteiger partial charge in [-0.2, -0.15) is 4.31 Å². The van der Waals surface area contributed by atoms with E-state index >= 15 is 0 Å². The van der Waals surface area contributed by atoms with Crippen LogP contribution in [0.25, 0.3) is 0 Å². The number of hydrogen-bond acceptors (Lipinski definition) is 5. The molecule has 2 aromatic rings. The Labute approximate surface area is 127 Å². The van der Waals surface area contributed by atoms with Gasteiger partial charge >= 0.3 is 0 Å². The van der Waals surface area contributed by atoms with E-state index < -0.39 is 16.1 Å². The molecule has 5 nitrogen and oxygen atoms in total. The lowest BCUT2D eigenvalue weighted by atomic mass is 9.97. The molecule has 0 spiro atoms. The van der Waals surface area contributed by atoms with Gasteiger partial charge in [0.2, 0.25) is 10.0 Å². The van der Waals surface area contributed by atoms with E-state index in [1.807, 2.05) is 5.38 Å². The summed E-state index contributed by atoms with van der Waals surface area (Å²) < 4.78 is 26.7. The van der Waals surface area contributed by atoms with Gasteiger partial charge in [-0.05, 0) is 18.6 Å². The summed E-state index contributed by atoms with van der Waals surface area (Å²) in [6.45, 7) is 0.603. The van der Waals surface area contributed by atoms with Crippen molar-refractivity contribution in [3.63, 3.8) is 0 Å². The molecule has 1 aromatic heterocycles. The Morgan fingerprint density at radius 1 is 1.29 bits per heavy atom. The average molecular weight is 324 g/mol. The number of nitrogens with zero attached hydrogens (tertiary/aromatic N) is 2. The molecule has 0 saturated carbocycles. The van der Waals surface area contributed by atoms with E-state index in [1.165, 1.54) is 15.6 Å². The normalized spacial score (nSPS) is 24.0. The highest BCUT2D eigenvalue weighted by Gasteiger charge is 2.36. The molecule has 2 heterocycles. The predicted octanol–water partition coefficient (Wildman–Crippen LogP) is 1.68. The van der Waals surface area contributed by atoms with Crippen molar-refractivity contribution in [2.45, 2.75) is 23.3 Å². The van der Waals surface area contributed by atoms with Crippen LogP contribution in [0.2, 0.25) is 0 Å². The van der Waals surface area contributed by atoms with E-state index in [0.717, 1.165) is 5.01 Å². The molecule has 1 saturated heterocycles. The lowest BCUT2D eigenvalue weighted by molar-refractivity contribution is 0.0889. The molecule has 1 N–H and O–H groups in total. The van der Waals surface area contributed by atoms with Gasteiger partial charge in [0.05, 0.1) is 21.9 Å². The number of rotatable bonds is 3. The zero-order valence-corrected chi connectivity index (χ0v) is 12.9. The van der Waals surface area contributed by atoms with Crippen molar-refractivity contribution in [2.24, 2.45) is 0 Å². The molecule has 3 rings (SSSR count). The van der Waals surface area contributed by atoms with Crippen molar-refractivity contribution >= 4 is 21.4 Å². The number of aromatic nitrogens is 1. The summed E-state index contributed by atoms with van der Waals surface area (Å²) in [6.07, 6.45) is 1.56. The first-order valence-electron chi connectivity index (χ1n) is 6.71. The molecule has 1 aliphatic rings. The number of thiazole rings is 1. The molecule has 0 amide bonds. The second-order valence-corrected chi connectivity index (χ2v) is 7.87. The van der Waals surface area contributed by atoms with Crippen LogP contribution in [0.1, 0.15) is 17.3 Å². The Morgan fingerprint density at radius 2 is 2.05 bits per heavy atom. The molecule has 0 aliphatic carbocycles. The molecule has 1 aliphatic heterocycles. The Hall–Kier alpha value is -1.28. The fraction of sp³-hybridized carbons (Fsp3) is 0.357. The van der Waals surface area contributed by atoms with Gasteiger partial charge in [-0.25, -0.2) is 13.4 Å². The van der Waals surface area contributed by atoms with Crippen molar-refractivity contribution in [1.29, 1.82) is 0 Å². The van der Waals surface area contributed by atoms with Crippen LogP contribution in [-0.2, 0) is 10.0 Å². The molecule has 0 bridgehead atoms. The number of benzene rings is 1. The smallest absolute Gasteiger partial charge is 0.243 e. The van der Waals surface area contributed by atoms with Gasteiger partial charge in [0, 0.05) is 24.7 Å². The zero-order valence-electron chi connectivity index (χ0n) is 11.3. The van der Waals surface area contributed by atoms with Crippen molar-refractivity contribution in [1.82, 2.24) is 9.29 Å². The third kappa shape index (κ3) is 2.87. The number of aliphatic hydroxyl groups is 1. The van der Waals surface area contributed by atoms with E-state index in [-0.39, 0.29) is 12.5 Å². The van der Waals surface area contributed by atoms with Gasteiger partial charge in [-0.1, -0.05) is 18.2 Å². The van der Waals surface area contributed by atoms with Gasteiger partial charge < -0.3 is 5.11 Å². The van der Waals surface area contributed by atoms with Gasteiger partial charge in [-0.15, -0.1) is 11.3 Å². The van der Waals surface area contributed by atoms with Crippen LogP contribution < -0.4 is 0 Å². The maximum Gasteiger partial charge on any atom is 0.243 e. The minimum atomic E-state index is -3.51. The summed E-state index contributed by atoms with van der Waals surface area (Å²) >= 11 is 1.45. The summed E-state index contributed by atoms with van der Waals surface area (Å²) in [6, 6.07) is 8.41. The van der Waals surface area contributed by atoms with Crippen LogP contribution in [0, 0.1) is 0 Å². The number of sulfonamides is 1. The van der Waals surface area contributed by atoms with E-state index in [2.05, 4.69) is 4.98 Å². The monoisotopic (exact) mass is 324 g/mol. The Kier molecular flexibility index (Phi) is 4.08. The first-order chi connectivity index (χ1) is 10.1. The Morgan fingerprint density at radius 3 is 2.71 bits per heavy atom.